The second kappa shape index (κ2) is 4.32. The number of methoxy groups -OCH3 is 1. The summed E-state index contributed by atoms with van der Waals surface area (Å²) >= 11 is 2.46. The molecule has 0 aromatic heterocycles. The minimum atomic E-state index is -0.929. The molecule has 0 atom stereocenters. The van der Waals surface area contributed by atoms with Gasteiger partial charge >= 0.3 is 0 Å². The second-order valence-electron chi connectivity index (χ2n) is 2.42. The number of ether oxygens (including phenoxy) is 1. The molecule has 0 saturated carbocycles. The van der Waals surface area contributed by atoms with Gasteiger partial charge in [0.15, 0.2) is 11.6 Å². The third-order valence-corrected chi connectivity index (χ3v) is 1.97. The van der Waals surface area contributed by atoms with Crippen LogP contribution in [0, 0.1) is 5.82 Å². The van der Waals surface area contributed by atoms with E-state index in [0.717, 1.165) is 0 Å². The summed E-state index contributed by atoms with van der Waals surface area (Å²) in [6.45, 7) is 0. The van der Waals surface area contributed by atoms with Crippen molar-refractivity contribution in [2.75, 3.05) is 7.11 Å². The first-order chi connectivity index (χ1) is 6.57. The van der Waals surface area contributed by atoms with E-state index in [1.165, 1.54) is 25.3 Å². The zero-order chi connectivity index (χ0) is 10.7. The quantitative estimate of drug-likeness (QED) is 0.474. The summed E-state index contributed by atoms with van der Waals surface area (Å²) in [5, 5.41) is 0. The van der Waals surface area contributed by atoms with E-state index in [4.69, 9.17) is 0 Å². The molecule has 5 heteroatoms. The second-order valence-corrected chi connectivity index (χ2v) is 3.14. The van der Waals surface area contributed by atoms with E-state index in [0.29, 0.717) is 0 Å². The molecule has 0 fully saturated rings. The van der Waals surface area contributed by atoms with Crippen molar-refractivity contribution < 1.29 is 18.7 Å². The molecule has 1 aromatic rings. The molecule has 3 nitrogen and oxygen atoms in total. The first-order valence-electron chi connectivity index (χ1n) is 3.64. The largest absolute Gasteiger partial charge is 0.494 e. The Bertz CT molecular complexity index is 390. The Morgan fingerprint density at radius 2 is 2.07 bits per heavy atom. The molecule has 0 aliphatic heterocycles. The lowest BCUT2D eigenvalue weighted by Gasteiger charge is -2.03. The van der Waals surface area contributed by atoms with Gasteiger partial charge in [0, 0.05) is 15.9 Å². The van der Waals surface area contributed by atoms with E-state index in [-0.39, 0.29) is 11.3 Å². The lowest BCUT2D eigenvalue weighted by molar-refractivity contribution is -0.107. The molecule has 0 radical (unpaired) electrons. The van der Waals surface area contributed by atoms with E-state index in [2.05, 4.69) is 20.7 Å². The van der Waals surface area contributed by atoms with Gasteiger partial charge in [-0.3, -0.25) is 9.59 Å². The van der Waals surface area contributed by atoms with Gasteiger partial charge in [0.2, 0.25) is 5.78 Å². The maximum atomic E-state index is 13.4. The van der Waals surface area contributed by atoms with Crippen LogP contribution < -0.4 is 4.74 Å². The highest BCUT2D eigenvalue weighted by Crippen LogP contribution is 2.20. The molecule has 0 unspecified atom stereocenters. The van der Waals surface area contributed by atoms with Crippen LogP contribution in [0.1, 0.15) is 10.4 Å². The van der Waals surface area contributed by atoms with Gasteiger partial charge in [-0.1, -0.05) is 6.07 Å². The molecule has 0 aliphatic carbocycles. The summed E-state index contributed by atoms with van der Waals surface area (Å²) in [7, 11) is 1.28. The van der Waals surface area contributed by atoms with Crippen LogP contribution >= 0.6 is 15.9 Å². The Kier molecular flexibility index (Phi) is 3.35. The highest BCUT2D eigenvalue weighted by Gasteiger charge is 2.19. The van der Waals surface area contributed by atoms with E-state index in [9.17, 15) is 14.0 Å². The summed E-state index contributed by atoms with van der Waals surface area (Å²) in [6, 6.07) is 4.02. The lowest BCUT2D eigenvalue weighted by atomic mass is 10.1. The molecule has 0 saturated heterocycles. The molecule has 0 N–H and O–H groups in total. The average Bonchev–Trinajstić information content (AvgIpc) is 2.17. The highest BCUT2D eigenvalue weighted by atomic mass is 79.9. The van der Waals surface area contributed by atoms with Gasteiger partial charge in [0.1, 0.15) is 0 Å². The molecule has 0 amide bonds. The smallest absolute Gasteiger partial charge is 0.268 e. The Labute approximate surface area is 88.0 Å². The molecule has 74 valence electrons. The maximum absolute atomic E-state index is 13.4. The molecular formula is C9H6BrFO3. The topological polar surface area (TPSA) is 43.4 Å². The maximum Gasteiger partial charge on any atom is 0.268 e. The van der Waals surface area contributed by atoms with Gasteiger partial charge in [0.25, 0.3) is 4.69 Å². The fourth-order valence-electron chi connectivity index (χ4n) is 0.950. The van der Waals surface area contributed by atoms with Crippen LogP contribution in [0.15, 0.2) is 18.2 Å². The van der Waals surface area contributed by atoms with Crippen molar-refractivity contribution in [3.8, 4) is 5.75 Å². The molecule has 1 rings (SSSR count). The summed E-state index contributed by atoms with van der Waals surface area (Å²) < 4.78 is 17.1. The number of Topliss-reactive ketones (excluding diaryl/α,β-unsaturated/α-hetero) is 1. The van der Waals surface area contributed by atoms with Gasteiger partial charge < -0.3 is 4.74 Å². The van der Waals surface area contributed by atoms with Gasteiger partial charge in [-0.25, -0.2) is 4.39 Å². The van der Waals surface area contributed by atoms with E-state index < -0.39 is 16.3 Å². The van der Waals surface area contributed by atoms with Crippen molar-refractivity contribution in [1.82, 2.24) is 0 Å². The third kappa shape index (κ3) is 1.98. The molecular weight excluding hydrogens is 255 g/mol. The van der Waals surface area contributed by atoms with Crippen molar-refractivity contribution in [3.05, 3.63) is 29.6 Å². The fraction of sp³-hybridized carbons (Fsp3) is 0.111. The summed E-state index contributed by atoms with van der Waals surface area (Å²) in [5.74, 6) is -1.82. The number of hydrogen-bond acceptors (Lipinski definition) is 3. The van der Waals surface area contributed by atoms with Crippen LogP contribution in [-0.2, 0) is 4.79 Å². The van der Waals surface area contributed by atoms with Crippen molar-refractivity contribution >= 4 is 26.4 Å². The highest BCUT2D eigenvalue weighted by molar-refractivity contribution is 9.19. The zero-order valence-corrected chi connectivity index (χ0v) is 8.80. The van der Waals surface area contributed by atoms with Crippen LogP contribution in [0.25, 0.3) is 0 Å². The monoisotopic (exact) mass is 260 g/mol. The number of halogens is 2. The van der Waals surface area contributed by atoms with Gasteiger partial charge in [0.05, 0.1) is 12.7 Å². The number of rotatable bonds is 3. The Hall–Kier alpha value is -1.23. The normalized spacial score (nSPS) is 9.64. The standard InChI is InChI=1S/C9H6BrFO3/c1-14-6-4-2-3-5(7(6)11)8(12)9(10)13/h2-4H,1H3. The molecule has 0 aliphatic rings. The summed E-state index contributed by atoms with van der Waals surface area (Å²) in [4.78, 5) is 21.8. The van der Waals surface area contributed by atoms with Crippen LogP contribution in [0.4, 0.5) is 4.39 Å². The predicted molar refractivity (Wildman–Crippen MR) is 51.2 cm³/mol. The number of hydrogen-bond donors (Lipinski definition) is 0. The number of ketones is 1. The van der Waals surface area contributed by atoms with E-state index in [1.807, 2.05) is 0 Å². The minimum absolute atomic E-state index is 0.0652. The SMILES string of the molecule is COc1cccc(C(=O)C(=O)Br)c1F. The lowest BCUT2D eigenvalue weighted by Crippen LogP contribution is -2.09. The first kappa shape index (κ1) is 10.8. The Morgan fingerprint density at radius 3 is 2.57 bits per heavy atom. The van der Waals surface area contributed by atoms with Gasteiger partial charge in [-0.05, 0) is 12.1 Å². The van der Waals surface area contributed by atoms with Crippen molar-refractivity contribution in [2.24, 2.45) is 0 Å². The Balaban J connectivity index is 3.22. The third-order valence-electron chi connectivity index (χ3n) is 1.61. The van der Waals surface area contributed by atoms with E-state index in [1.54, 1.807) is 0 Å². The number of carbonyl (C=O) groups excluding carboxylic acids is 2. The van der Waals surface area contributed by atoms with Crippen LogP contribution in [0.3, 0.4) is 0 Å². The predicted octanol–water partition coefficient (Wildman–Crippen LogP) is 1.94. The van der Waals surface area contributed by atoms with Crippen LogP contribution in [-0.4, -0.2) is 17.6 Å². The first-order valence-corrected chi connectivity index (χ1v) is 4.44. The molecule has 1 aromatic carbocycles. The molecule has 14 heavy (non-hydrogen) atoms. The van der Waals surface area contributed by atoms with Crippen LogP contribution in [0.5, 0.6) is 5.75 Å². The van der Waals surface area contributed by atoms with Crippen molar-refractivity contribution in [3.63, 3.8) is 0 Å². The van der Waals surface area contributed by atoms with E-state index >= 15 is 0 Å². The van der Waals surface area contributed by atoms with Gasteiger partial charge in [-0.15, -0.1) is 0 Å². The molecule has 0 heterocycles. The fourth-order valence-corrected chi connectivity index (χ4v) is 1.16. The van der Waals surface area contributed by atoms with Crippen LogP contribution in [0.2, 0.25) is 0 Å². The van der Waals surface area contributed by atoms with Gasteiger partial charge in [-0.2, -0.15) is 0 Å². The summed E-state index contributed by atoms with van der Waals surface area (Å²) in [6.07, 6.45) is 0. The minimum Gasteiger partial charge on any atom is -0.494 e. The molecule has 0 bridgehead atoms. The average molecular weight is 261 g/mol. The van der Waals surface area contributed by atoms with Crippen molar-refractivity contribution in [1.29, 1.82) is 0 Å². The number of benzene rings is 1. The van der Waals surface area contributed by atoms with Crippen molar-refractivity contribution in [2.45, 2.75) is 0 Å². The number of carbonyl (C=O) groups is 2. The summed E-state index contributed by atoms with van der Waals surface area (Å²) in [5.41, 5.74) is -0.300. The Morgan fingerprint density at radius 1 is 1.43 bits per heavy atom. The molecule has 0 spiro atoms. The zero-order valence-electron chi connectivity index (χ0n) is 7.21.